The fraction of sp³-hybridized carbons (Fsp3) is 0.100. The second-order valence-corrected chi connectivity index (χ2v) is 6.05. The summed E-state index contributed by atoms with van der Waals surface area (Å²) < 4.78 is 24.8. The van der Waals surface area contributed by atoms with Crippen molar-refractivity contribution in [2.45, 2.75) is 4.90 Å². The molecular weight excluding hydrogens is 292 g/mol. The number of halogens is 1. The molecule has 6 heteroatoms. The molecule has 84 valence electrons. The van der Waals surface area contributed by atoms with Gasteiger partial charge in [-0.1, -0.05) is 18.2 Å². The standard InChI is InChI=1S/C10H9BrN2O2S/c1-16(14,15)9-7-12-13(10(9)11)8-5-3-2-4-6-8/h2-7H,1H3. The van der Waals surface area contributed by atoms with Gasteiger partial charge in [0.05, 0.1) is 11.9 Å². The number of rotatable bonds is 2. The van der Waals surface area contributed by atoms with Gasteiger partial charge >= 0.3 is 0 Å². The molecule has 0 fully saturated rings. The maximum atomic E-state index is 11.4. The number of aromatic nitrogens is 2. The lowest BCUT2D eigenvalue weighted by Crippen LogP contribution is -1.99. The third-order valence-electron chi connectivity index (χ3n) is 2.08. The smallest absolute Gasteiger partial charge is 0.179 e. The number of nitrogens with zero attached hydrogens (tertiary/aromatic N) is 2. The maximum absolute atomic E-state index is 11.4. The molecular formula is C10H9BrN2O2S. The molecule has 1 heterocycles. The zero-order valence-corrected chi connectivity index (χ0v) is 10.9. The predicted octanol–water partition coefficient (Wildman–Crippen LogP) is 2.04. The summed E-state index contributed by atoms with van der Waals surface area (Å²) in [7, 11) is -3.25. The number of para-hydroxylation sites is 1. The molecule has 0 spiro atoms. The Balaban J connectivity index is 2.59. The monoisotopic (exact) mass is 300 g/mol. The van der Waals surface area contributed by atoms with E-state index in [1.807, 2.05) is 30.3 Å². The molecule has 0 aliphatic heterocycles. The molecule has 2 rings (SSSR count). The number of hydrogen-bond donors (Lipinski definition) is 0. The van der Waals surface area contributed by atoms with Crippen molar-refractivity contribution in [2.75, 3.05) is 6.26 Å². The van der Waals surface area contributed by atoms with E-state index in [0.29, 0.717) is 4.60 Å². The highest BCUT2D eigenvalue weighted by Gasteiger charge is 2.17. The molecule has 0 atom stereocenters. The predicted molar refractivity (Wildman–Crippen MR) is 64.4 cm³/mol. The third-order valence-corrected chi connectivity index (χ3v) is 4.20. The van der Waals surface area contributed by atoms with Crippen LogP contribution in [-0.2, 0) is 9.84 Å². The Morgan fingerprint density at radius 1 is 1.25 bits per heavy atom. The van der Waals surface area contributed by atoms with Crippen LogP contribution in [0.3, 0.4) is 0 Å². The topological polar surface area (TPSA) is 52.0 Å². The molecule has 16 heavy (non-hydrogen) atoms. The van der Waals surface area contributed by atoms with Gasteiger partial charge in [-0.25, -0.2) is 13.1 Å². The van der Waals surface area contributed by atoms with Crippen molar-refractivity contribution in [1.82, 2.24) is 9.78 Å². The number of benzene rings is 1. The Morgan fingerprint density at radius 3 is 2.38 bits per heavy atom. The maximum Gasteiger partial charge on any atom is 0.179 e. The Morgan fingerprint density at radius 2 is 1.88 bits per heavy atom. The molecule has 0 radical (unpaired) electrons. The molecule has 1 aromatic carbocycles. The van der Waals surface area contributed by atoms with Gasteiger partial charge in [0, 0.05) is 6.26 Å². The van der Waals surface area contributed by atoms with E-state index in [0.717, 1.165) is 11.9 Å². The minimum Gasteiger partial charge on any atom is -0.225 e. The molecule has 0 bridgehead atoms. The van der Waals surface area contributed by atoms with Crippen LogP contribution in [0.2, 0.25) is 0 Å². The van der Waals surface area contributed by atoms with E-state index in [4.69, 9.17) is 0 Å². The first kappa shape index (κ1) is 11.3. The molecule has 4 nitrogen and oxygen atoms in total. The van der Waals surface area contributed by atoms with Crippen LogP contribution < -0.4 is 0 Å². The summed E-state index contributed by atoms with van der Waals surface area (Å²) >= 11 is 3.25. The summed E-state index contributed by atoms with van der Waals surface area (Å²) in [6, 6.07) is 9.32. The van der Waals surface area contributed by atoms with Gasteiger partial charge in [0.15, 0.2) is 9.84 Å². The fourth-order valence-corrected chi connectivity index (χ4v) is 3.23. The number of hydrogen-bond acceptors (Lipinski definition) is 3. The van der Waals surface area contributed by atoms with Crippen LogP contribution in [0.25, 0.3) is 5.69 Å². The molecule has 0 saturated carbocycles. The molecule has 2 aromatic rings. The summed E-state index contributed by atoms with van der Waals surface area (Å²) in [6.45, 7) is 0. The fourth-order valence-electron chi connectivity index (χ4n) is 1.32. The van der Waals surface area contributed by atoms with Gasteiger partial charge in [-0.2, -0.15) is 5.10 Å². The van der Waals surface area contributed by atoms with Crippen molar-refractivity contribution in [1.29, 1.82) is 0 Å². The zero-order valence-electron chi connectivity index (χ0n) is 8.46. The highest BCUT2D eigenvalue weighted by atomic mass is 79.9. The van der Waals surface area contributed by atoms with Crippen molar-refractivity contribution in [2.24, 2.45) is 0 Å². The Bertz CT molecular complexity index is 605. The van der Waals surface area contributed by atoms with Gasteiger partial charge in [-0.3, -0.25) is 0 Å². The third kappa shape index (κ3) is 2.03. The second kappa shape index (κ2) is 4.03. The summed E-state index contributed by atoms with van der Waals surface area (Å²) in [6.07, 6.45) is 2.50. The minimum absolute atomic E-state index is 0.191. The lowest BCUT2D eigenvalue weighted by atomic mass is 10.3. The van der Waals surface area contributed by atoms with E-state index in [1.54, 1.807) is 0 Å². The van der Waals surface area contributed by atoms with Gasteiger partial charge in [0.2, 0.25) is 0 Å². The van der Waals surface area contributed by atoms with E-state index in [9.17, 15) is 8.42 Å². The van der Waals surface area contributed by atoms with Gasteiger partial charge in [0.1, 0.15) is 9.50 Å². The van der Waals surface area contributed by atoms with Gasteiger partial charge in [0.25, 0.3) is 0 Å². The van der Waals surface area contributed by atoms with Gasteiger partial charge in [-0.15, -0.1) is 0 Å². The molecule has 0 aliphatic carbocycles. The second-order valence-electron chi connectivity index (χ2n) is 3.32. The van der Waals surface area contributed by atoms with Crippen LogP contribution in [0, 0.1) is 0 Å². The highest BCUT2D eigenvalue weighted by molar-refractivity contribution is 9.10. The van der Waals surface area contributed by atoms with E-state index < -0.39 is 9.84 Å². The molecule has 1 aromatic heterocycles. The van der Waals surface area contributed by atoms with E-state index in [-0.39, 0.29) is 4.90 Å². The van der Waals surface area contributed by atoms with Crippen molar-refractivity contribution in [3.63, 3.8) is 0 Å². The Labute approximate surface area is 102 Å². The summed E-state index contributed by atoms with van der Waals surface area (Å²) in [5, 5.41) is 4.04. The average Bonchev–Trinajstić information content (AvgIpc) is 2.61. The van der Waals surface area contributed by atoms with Crippen LogP contribution in [0.15, 0.2) is 46.0 Å². The quantitative estimate of drug-likeness (QED) is 0.853. The van der Waals surface area contributed by atoms with Gasteiger partial charge < -0.3 is 0 Å². The molecule has 0 unspecified atom stereocenters. The number of sulfone groups is 1. The Hall–Kier alpha value is -1.14. The summed E-state index contributed by atoms with van der Waals surface area (Å²) in [4.78, 5) is 0.191. The largest absolute Gasteiger partial charge is 0.225 e. The molecule has 0 amide bonds. The summed E-state index contributed by atoms with van der Waals surface area (Å²) in [5.74, 6) is 0. The van der Waals surface area contributed by atoms with Crippen molar-refractivity contribution in [3.8, 4) is 5.69 Å². The molecule has 0 saturated heterocycles. The first-order valence-corrected chi connectivity index (χ1v) is 7.17. The Kier molecular flexibility index (Phi) is 2.86. The van der Waals surface area contributed by atoms with Crippen LogP contribution >= 0.6 is 15.9 Å². The van der Waals surface area contributed by atoms with Crippen molar-refractivity contribution >= 4 is 25.8 Å². The first-order chi connectivity index (χ1) is 7.50. The zero-order chi connectivity index (χ0) is 11.8. The van der Waals surface area contributed by atoms with Crippen LogP contribution in [-0.4, -0.2) is 24.5 Å². The van der Waals surface area contributed by atoms with E-state index in [1.165, 1.54) is 10.9 Å². The minimum atomic E-state index is -3.25. The normalized spacial score (nSPS) is 11.6. The molecule has 0 N–H and O–H groups in total. The van der Waals surface area contributed by atoms with Crippen molar-refractivity contribution in [3.05, 3.63) is 41.1 Å². The average molecular weight is 301 g/mol. The lowest BCUT2D eigenvalue weighted by molar-refractivity contribution is 0.601. The molecule has 0 aliphatic rings. The summed E-state index contributed by atoms with van der Waals surface area (Å²) in [5.41, 5.74) is 0.810. The van der Waals surface area contributed by atoms with Crippen LogP contribution in [0.4, 0.5) is 0 Å². The first-order valence-electron chi connectivity index (χ1n) is 4.49. The van der Waals surface area contributed by atoms with Crippen LogP contribution in [0.5, 0.6) is 0 Å². The SMILES string of the molecule is CS(=O)(=O)c1cnn(-c2ccccc2)c1Br. The van der Waals surface area contributed by atoms with Crippen molar-refractivity contribution < 1.29 is 8.42 Å². The van der Waals surface area contributed by atoms with Gasteiger partial charge in [-0.05, 0) is 28.1 Å². The van der Waals surface area contributed by atoms with E-state index >= 15 is 0 Å². The van der Waals surface area contributed by atoms with Crippen LogP contribution in [0.1, 0.15) is 0 Å². The lowest BCUT2D eigenvalue weighted by Gasteiger charge is -2.02. The highest BCUT2D eigenvalue weighted by Crippen LogP contribution is 2.24. The van der Waals surface area contributed by atoms with E-state index in [2.05, 4.69) is 21.0 Å².